The molecule has 3 nitrogen and oxygen atoms in total. The van der Waals surface area contributed by atoms with Crippen LogP contribution in [0.15, 0.2) is 48.5 Å². The highest BCUT2D eigenvalue weighted by atomic mass is 35.5. The number of rotatable bonds is 3. The Morgan fingerprint density at radius 2 is 1.86 bits per heavy atom. The van der Waals surface area contributed by atoms with Crippen LogP contribution in [0.4, 0.5) is 0 Å². The first-order valence-corrected chi connectivity index (χ1v) is 7.08. The van der Waals surface area contributed by atoms with Crippen molar-refractivity contribution in [2.45, 2.75) is 6.42 Å². The first kappa shape index (κ1) is 13.8. The van der Waals surface area contributed by atoms with Gasteiger partial charge < -0.3 is 4.74 Å². The molecule has 3 rings (SSSR count). The van der Waals surface area contributed by atoms with E-state index >= 15 is 0 Å². The fourth-order valence-corrected chi connectivity index (χ4v) is 2.54. The third kappa shape index (κ3) is 2.83. The minimum absolute atomic E-state index is 0.0286. The van der Waals surface area contributed by atoms with Crippen LogP contribution in [-0.4, -0.2) is 18.2 Å². The van der Waals surface area contributed by atoms with Crippen molar-refractivity contribution < 1.29 is 14.3 Å². The molecule has 1 unspecified atom stereocenters. The van der Waals surface area contributed by atoms with Crippen LogP contribution in [0.2, 0.25) is 5.02 Å². The van der Waals surface area contributed by atoms with Crippen LogP contribution in [0, 0.1) is 5.92 Å². The van der Waals surface area contributed by atoms with E-state index in [1.54, 1.807) is 42.5 Å². The van der Waals surface area contributed by atoms with Gasteiger partial charge in [0.25, 0.3) is 0 Å². The van der Waals surface area contributed by atoms with E-state index in [4.69, 9.17) is 16.3 Å². The molecule has 4 heteroatoms. The maximum Gasteiger partial charge on any atom is 0.173 e. The summed E-state index contributed by atoms with van der Waals surface area (Å²) >= 11 is 5.80. The average Bonchev–Trinajstić information content (AvgIpc) is 2.51. The minimum Gasteiger partial charge on any atom is -0.492 e. The molecule has 0 radical (unpaired) electrons. The van der Waals surface area contributed by atoms with Gasteiger partial charge in [0, 0.05) is 17.0 Å². The highest BCUT2D eigenvalue weighted by Crippen LogP contribution is 2.29. The summed E-state index contributed by atoms with van der Waals surface area (Å²) in [4.78, 5) is 24.6. The fourth-order valence-electron chi connectivity index (χ4n) is 2.41. The highest BCUT2D eigenvalue weighted by Gasteiger charge is 2.30. The lowest BCUT2D eigenvalue weighted by atomic mass is 9.89. The molecule has 0 bridgehead atoms. The quantitative estimate of drug-likeness (QED) is 0.810. The van der Waals surface area contributed by atoms with Gasteiger partial charge in [-0.3, -0.25) is 9.59 Å². The Kier molecular flexibility index (Phi) is 3.76. The number of ether oxygens (including phenoxy) is 1. The van der Waals surface area contributed by atoms with Gasteiger partial charge >= 0.3 is 0 Å². The van der Waals surface area contributed by atoms with Crippen molar-refractivity contribution in [2.75, 3.05) is 6.61 Å². The second kappa shape index (κ2) is 5.70. The maximum atomic E-state index is 12.4. The molecule has 0 amide bonds. The molecule has 2 aromatic carbocycles. The molecule has 1 heterocycles. The normalized spacial score (nSPS) is 17.0. The van der Waals surface area contributed by atoms with E-state index in [9.17, 15) is 9.59 Å². The third-order valence-corrected chi connectivity index (χ3v) is 3.81. The Labute approximate surface area is 127 Å². The van der Waals surface area contributed by atoms with Crippen LogP contribution in [-0.2, 0) is 0 Å². The van der Waals surface area contributed by atoms with Gasteiger partial charge in [0.2, 0.25) is 0 Å². The summed E-state index contributed by atoms with van der Waals surface area (Å²) in [5.74, 6) is 0.0629. The van der Waals surface area contributed by atoms with Crippen molar-refractivity contribution >= 4 is 23.2 Å². The molecule has 0 aliphatic carbocycles. The predicted octanol–water partition coefficient (Wildman–Crippen LogP) is 3.80. The van der Waals surface area contributed by atoms with Crippen LogP contribution >= 0.6 is 11.6 Å². The number of carbonyl (C=O) groups excluding carboxylic acids is 2. The molecule has 0 N–H and O–H groups in total. The number of halogens is 1. The molecule has 1 aliphatic rings. The second-order valence-corrected chi connectivity index (χ2v) is 5.44. The maximum absolute atomic E-state index is 12.4. The van der Waals surface area contributed by atoms with Crippen LogP contribution in [0.25, 0.3) is 0 Å². The van der Waals surface area contributed by atoms with Gasteiger partial charge in [-0.05, 0) is 36.4 Å². The zero-order valence-corrected chi connectivity index (χ0v) is 12.0. The fraction of sp³-hybridized carbons (Fsp3) is 0.176. The number of Topliss-reactive ketones (excluding diaryl/α,β-unsaturated/α-hetero) is 2. The molecule has 0 fully saturated rings. The summed E-state index contributed by atoms with van der Waals surface area (Å²) in [6, 6.07) is 13.8. The lowest BCUT2D eigenvalue weighted by molar-refractivity contribution is 0.0768. The Morgan fingerprint density at radius 3 is 2.62 bits per heavy atom. The Morgan fingerprint density at radius 1 is 1.14 bits per heavy atom. The number of carbonyl (C=O) groups is 2. The lowest BCUT2D eigenvalue weighted by Crippen LogP contribution is -2.29. The molecule has 0 aromatic heterocycles. The minimum atomic E-state index is -0.428. The zero-order valence-electron chi connectivity index (χ0n) is 11.2. The molecule has 106 valence electrons. The largest absolute Gasteiger partial charge is 0.492 e. The van der Waals surface area contributed by atoms with Crippen molar-refractivity contribution in [3.05, 3.63) is 64.7 Å². The monoisotopic (exact) mass is 300 g/mol. The van der Waals surface area contributed by atoms with Crippen molar-refractivity contribution in [3.8, 4) is 5.75 Å². The predicted molar refractivity (Wildman–Crippen MR) is 80.2 cm³/mol. The first-order chi connectivity index (χ1) is 10.1. The Bertz CT molecular complexity index is 691. The van der Waals surface area contributed by atoms with Gasteiger partial charge in [0.15, 0.2) is 11.6 Å². The van der Waals surface area contributed by atoms with Gasteiger partial charge in [0.05, 0.1) is 18.1 Å². The summed E-state index contributed by atoms with van der Waals surface area (Å²) in [6.45, 7) is 0.245. The Balaban J connectivity index is 1.76. The van der Waals surface area contributed by atoms with E-state index in [-0.39, 0.29) is 24.6 Å². The topological polar surface area (TPSA) is 43.4 Å². The van der Waals surface area contributed by atoms with Gasteiger partial charge in [-0.15, -0.1) is 0 Å². The molecular formula is C17H13ClO3. The van der Waals surface area contributed by atoms with Gasteiger partial charge in [-0.25, -0.2) is 0 Å². The summed E-state index contributed by atoms with van der Waals surface area (Å²) in [5, 5.41) is 0.581. The van der Waals surface area contributed by atoms with Crippen LogP contribution in [0.3, 0.4) is 0 Å². The van der Waals surface area contributed by atoms with E-state index in [0.717, 1.165) is 0 Å². The molecule has 1 aliphatic heterocycles. The van der Waals surface area contributed by atoms with Crippen molar-refractivity contribution in [2.24, 2.45) is 5.92 Å². The molecule has 0 spiro atoms. The summed E-state index contributed by atoms with van der Waals surface area (Å²) < 4.78 is 5.57. The van der Waals surface area contributed by atoms with E-state index < -0.39 is 5.92 Å². The van der Waals surface area contributed by atoms with Crippen LogP contribution in [0.5, 0.6) is 5.75 Å². The molecule has 1 atom stereocenters. The third-order valence-electron chi connectivity index (χ3n) is 3.56. The SMILES string of the molecule is O=C(CC1COc2ccccc2C1=O)c1ccc(Cl)cc1. The lowest BCUT2D eigenvalue weighted by Gasteiger charge is -2.23. The standard InChI is InChI=1S/C17H13ClO3/c18-13-7-5-11(6-8-13)15(19)9-12-10-21-16-4-2-1-3-14(16)17(12)20/h1-8,12H,9-10H2. The van der Waals surface area contributed by atoms with E-state index in [0.29, 0.717) is 21.9 Å². The van der Waals surface area contributed by atoms with Crippen molar-refractivity contribution in [1.82, 2.24) is 0 Å². The summed E-state index contributed by atoms with van der Waals surface area (Å²) in [5.41, 5.74) is 1.11. The van der Waals surface area contributed by atoms with Crippen LogP contribution < -0.4 is 4.74 Å². The smallest absolute Gasteiger partial charge is 0.173 e. The summed E-state index contributed by atoms with van der Waals surface area (Å²) in [6.07, 6.45) is 0.148. The first-order valence-electron chi connectivity index (χ1n) is 6.70. The molecule has 2 aromatic rings. The molecule has 0 saturated heterocycles. The molecular weight excluding hydrogens is 288 g/mol. The zero-order chi connectivity index (χ0) is 14.8. The average molecular weight is 301 g/mol. The number of hydrogen-bond donors (Lipinski definition) is 0. The highest BCUT2D eigenvalue weighted by molar-refractivity contribution is 6.30. The number of ketones is 2. The van der Waals surface area contributed by atoms with Crippen LogP contribution in [0.1, 0.15) is 27.1 Å². The summed E-state index contributed by atoms with van der Waals surface area (Å²) in [7, 11) is 0. The molecule has 0 saturated carbocycles. The second-order valence-electron chi connectivity index (χ2n) is 5.00. The van der Waals surface area contributed by atoms with E-state index in [1.807, 2.05) is 6.07 Å². The van der Waals surface area contributed by atoms with E-state index in [2.05, 4.69) is 0 Å². The van der Waals surface area contributed by atoms with Gasteiger partial charge in [-0.1, -0.05) is 23.7 Å². The molecule has 21 heavy (non-hydrogen) atoms. The van der Waals surface area contributed by atoms with E-state index in [1.165, 1.54) is 0 Å². The van der Waals surface area contributed by atoms with Crippen molar-refractivity contribution in [1.29, 1.82) is 0 Å². The number of hydrogen-bond acceptors (Lipinski definition) is 3. The van der Waals surface area contributed by atoms with Gasteiger partial charge in [-0.2, -0.15) is 0 Å². The Hall–Kier alpha value is -2.13. The number of benzene rings is 2. The number of para-hydroxylation sites is 1. The number of fused-ring (bicyclic) bond motifs is 1. The van der Waals surface area contributed by atoms with Gasteiger partial charge in [0.1, 0.15) is 5.75 Å². The van der Waals surface area contributed by atoms with Crippen molar-refractivity contribution in [3.63, 3.8) is 0 Å².